The van der Waals surface area contributed by atoms with E-state index < -0.39 is 15.7 Å². The van der Waals surface area contributed by atoms with Crippen molar-refractivity contribution in [3.63, 3.8) is 0 Å². The number of carbonyl (C=O) groups excluding carboxylic acids is 2. The standard InChI is InChI=1S/C15H19N5O4S3/c1-19(10-4-6-27(23,24)9-10)13(22)8-26-15-18-17-14(11-3-2-5-25-11)20(15)7-12(16)21/h2-3,5,10H,4,6-9H2,1H3,(H2,16,21). The van der Waals surface area contributed by atoms with Crippen LogP contribution >= 0.6 is 23.1 Å². The van der Waals surface area contributed by atoms with Gasteiger partial charge in [-0.15, -0.1) is 21.5 Å². The molecule has 2 N–H and O–H groups in total. The summed E-state index contributed by atoms with van der Waals surface area (Å²) in [6, 6.07) is 3.43. The lowest BCUT2D eigenvalue weighted by Gasteiger charge is -2.23. The minimum Gasteiger partial charge on any atom is -0.368 e. The van der Waals surface area contributed by atoms with Crippen molar-refractivity contribution in [2.24, 2.45) is 5.73 Å². The fourth-order valence-corrected chi connectivity index (χ4v) is 6.15. The van der Waals surface area contributed by atoms with Crippen LogP contribution in [0.5, 0.6) is 0 Å². The predicted molar refractivity (Wildman–Crippen MR) is 103 cm³/mol. The molecule has 146 valence electrons. The van der Waals surface area contributed by atoms with Crippen LogP contribution < -0.4 is 5.73 Å². The summed E-state index contributed by atoms with van der Waals surface area (Å²) in [4.78, 5) is 26.2. The summed E-state index contributed by atoms with van der Waals surface area (Å²) >= 11 is 2.61. The van der Waals surface area contributed by atoms with Crippen molar-refractivity contribution in [1.82, 2.24) is 19.7 Å². The summed E-state index contributed by atoms with van der Waals surface area (Å²) in [5, 5.41) is 10.5. The Bertz CT molecular complexity index is 939. The first kappa shape index (κ1) is 19.8. The topological polar surface area (TPSA) is 128 Å². The number of primary amides is 1. The third kappa shape index (κ3) is 4.68. The van der Waals surface area contributed by atoms with Gasteiger partial charge in [-0.05, 0) is 17.9 Å². The predicted octanol–water partition coefficient (Wildman–Crippen LogP) is 0.230. The van der Waals surface area contributed by atoms with Gasteiger partial charge in [-0.2, -0.15) is 0 Å². The van der Waals surface area contributed by atoms with Crippen LogP contribution in [0.2, 0.25) is 0 Å². The van der Waals surface area contributed by atoms with Crippen LogP contribution in [-0.2, 0) is 26.0 Å². The zero-order valence-corrected chi connectivity index (χ0v) is 17.0. The summed E-state index contributed by atoms with van der Waals surface area (Å²) in [6.45, 7) is -0.0898. The molecular formula is C15H19N5O4S3. The Hall–Kier alpha value is -1.92. The van der Waals surface area contributed by atoms with Crippen molar-refractivity contribution < 1.29 is 18.0 Å². The minimum absolute atomic E-state index is 0.000288. The molecule has 12 heteroatoms. The van der Waals surface area contributed by atoms with Gasteiger partial charge >= 0.3 is 0 Å². The zero-order chi connectivity index (χ0) is 19.6. The van der Waals surface area contributed by atoms with Crippen LogP contribution in [0.25, 0.3) is 10.7 Å². The van der Waals surface area contributed by atoms with Crippen molar-refractivity contribution in [2.45, 2.75) is 24.2 Å². The number of thiophene rings is 1. The summed E-state index contributed by atoms with van der Waals surface area (Å²) in [5.74, 6) is -0.0368. The van der Waals surface area contributed by atoms with E-state index in [0.29, 0.717) is 17.4 Å². The molecule has 1 unspecified atom stereocenters. The second-order valence-electron chi connectivity index (χ2n) is 6.19. The van der Waals surface area contributed by atoms with E-state index in [1.165, 1.54) is 16.2 Å². The van der Waals surface area contributed by atoms with Gasteiger partial charge in [0.2, 0.25) is 11.8 Å². The van der Waals surface area contributed by atoms with Gasteiger partial charge in [0, 0.05) is 13.1 Å². The monoisotopic (exact) mass is 429 g/mol. The smallest absolute Gasteiger partial charge is 0.237 e. The molecule has 0 radical (unpaired) electrons. The lowest BCUT2D eigenvalue weighted by molar-refractivity contribution is -0.128. The molecule has 9 nitrogen and oxygen atoms in total. The van der Waals surface area contributed by atoms with Crippen LogP contribution in [0.1, 0.15) is 6.42 Å². The lowest BCUT2D eigenvalue weighted by Crippen LogP contribution is -2.38. The normalized spacial score (nSPS) is 18.5. The van der Waals surface area contributed by atoms with Gasteiger partial charge in [-0.1, -0.05) is 17.8 Å². The number of nitrogens with zero attached hydrogens (tertiary/aromatic N) is 4. The average molecular weight is 430 g/mol. The maximum absolute atomic E-state index is 12.4. The average Bonchev–Trinajstić information content (AvgIpc) is 3.31. The first-order chi connectivity index (χ1) is 12.8. The van der Waals surface area contributed by atoms with E-state index in [1.54, 1.807) is 11.6 Å². The minimum atomic E-state index is -3.06. The lowest BCUT2D eigenvalue weighted by atomic mass is 10.2. The molecular weight excluding hydrogens is 410 g/mol. The highest BCUT2D eigenvalue weighted by atomic mass is 32.2. The Balaban J connectivity index is 1.70. The molecule has 3 heterocycles. The first-order valence-corrected chi connectivity index (χ1v) is 11.8. The molecule has 2 amide bonds. The van der Waals surface area contributed by atoms with E-state index in [-0.39, 0.29) is 35.8 Å². The summed E-state index contributed by atoms with van der Waals surface area (Å²) in [6.07, 6.45) is 0.454. The number of thioether (sulfide) groups is 1. The molecule has 0 saturated carbocycles. The molecule has 1 fully saturated rings. The third-order valence-corrected chi connectivity index (χ3v) is 7.81. The number of sulfone groups is 1. The second kappa shape index (κ2) is 7.98. The van der Waals surface area contributed by atoms with E-state index in [1.807, 2.05) is 17.5 Å². The molecule has 0 aliphatic carbocycles. The Labute approximate surface area is 164 Å². The Morgan fingerprint density at radius 3 is 2.81 bits per heavy atom. The SMILES string of the molecule is CN(C(=O)CSc1nnc(-c2cccs2)n1CC(N)=O)C1CCS(=O)(=O)C1. The van der Waals surface area contributed by atoms with Gasteiger partial charge in [0.25, 0.3) is 0 Å². The number of rotatable bonds is 7. The summed E-state index contributed by atoms with van der Waals surface area (Å²) in [5.41, 5.74) is 5.33. The fraction of sp³-hybridized carbons (Fsp3) is 0.467. The Morgan fingerprint density at radius 1 is 1.44 bits per heavy atom. The van der Waals surface area contributed by atoms with Gasteiger partial charge in [0.15, 0.2) is 20.8 Å². The van der Waals surface area contributed by atoms with Gasteiger partial charge in [-0.3, -0.25) is 14.2 Å². The second-order valence-corrected chi connectivity index (χ2v) is 10.3. The highest BCUT2D eigenvalue weighted by molar-refractivity contribution is 7.99. The fourth-order valence-electron chi connectivity index (χ4n) is 2.79. The van der Waals surface area contributed by atoms with Crippen LogP contribution in [-0.4, -0.2) is 70.2 Å². The number of nitrogens with two attached hydrogens (primary N) is 1. The van der Waals surface area contributed by atoms with Gasteiger partial charge in [0.05, 0.1) is 22.1 Å². The Morgan fingerprint density at radius 2 is 2.22 bits per heavy atom. The van der Waals surface area contributed by atoms with Crippen molar-refractivity contribution in [1.29, 1.82) is 0 Å². The number of hydrogen-bond donors (Lipinski definition) is 1. The summed E-state index contributed by atoms with van der Waals surface area (Å²) < 4.78 is 24.8. The molecule has 2 aromatic rings. The van der Waals surface area contributed by atoms with Crippen LogP contribution in [0, 0.1) is 0 Å². The third-order valence-electron chi connectivity index (χ3n) is 4.25. The van der Waals surface area contributed by atoms with Crippen molar-refractivity contribution >= 4 is 44.8 Å². The highest BCUT2D eigenvalue weighted by Crippen LogP contribution is 2.27. The number of carbonyl (C=O) groups is 2. The van der Waals surface area contributed by atoms with Gasteiger partial charge in [-0.25, -0.2) is 8.42 Å². The van der Waals surface area contributed by atoms with Gasteiger partial charge < -0.3 is 10.6 Å². The molecule has 0 aromatic carbocycles. The number of aromatic nitrogens is 3. The Kier molecular flexibility index (Phi) is 5.86. The van der Waals surface area contributed by atoms with Crippen molar-refractivity contribution in [2.75, 3.05) is 24.3 Å². The number of amides is 2. The molecule has 27 heavy (non-hydrogen) atoms. The van der Waals surface area contributed by atoms with Crippen molar-refractivity contribution in [3.05, 3.63) is 17.5 Å². The van der Waals surface area contributed by atoms with E-state index in [4.69, 9.17) is 5.73 Å². The van der Waals surface area contributed by atoms with Crippen LogP contribution in [0.15, 0.2) is 22.7 Å². The van der Waals surface area contributed by atoms with Crippen molar-refractivity contribution in [3.8, 4) is 10.7 Å². The van der Waals surface area contributed by atoms with E-state index in [9.17, 15) is 18.0 Å². The zero-order valence-electron chi connectivity index (χ0n) is 14.6. The van der Waals surface area contributed by atoms with E-state index in [2.05, 4.69) is 10.2 Å². The van der Waals surface area contributed by atoms with E-state index >= 15 is 0 Å². The highest BCUT2D eigenvalue weighted by Gasteiger charge is 2.32. The maximum Gasteiger partial charge on any atom is 0.237 e. The summed E-state index contributed by atoms with van der Waals surface area (Å²) in [7, 11) is -1.45. The largest absolute Gasteiger partial charge is 0.368 e. The molecule has 1 aliphatic heterocycles. The molecule has 1 saturated heterocycles. The van der Waals surface area contributed by atoms with Crippen LogP contribution in [0.4, 0.5) is 0 Å². The molecule has 1 atom stereocenters. The molecule has 0 spiro atoms. The molecule has 1 aliphatic rings. The maximum atomic E-state index is 12.4. The number of hydrogen-bond acceptors (Lipinski definition) is 8. The molecule has 0 bridgehead atoms. The first-order valence-electron chi connectivity index (χ1n) is 8.11. The van der Waals surface area contributed by atoms with Gasteiger partial charge in [0.1, 0.15) is 6.54 Å². The van der Waals surface area contributed by atoms with E-state index in [0.717, 1.165) is 16.6 Å². The molecule has 2 aromatic heterocycles. The molecule has 3 rings (SSSR count). The van der Waals surface area contributed by atoms with Crippen LogP contribution in [0.3, 0.4) is 0 Å². The quantitative estimate of drug-likeness (QED) is 0.624.